The van der Waals surface area contributed by atoms with Gasteiger partial charge in [0, 0.05) is 18.6 Å². The Kier molecular flexibility index (Phi) is 5.54. The largest absolute Gasteiger partial charge is 0.352 e. The maximum absolute atomic E-state index is 13.1. The fourth-order valence-electron chi connectivity index (χ4n) is 3.80. The van der Waals surface area contributed by atoms with Crippen molar-refractivity contribution >= 4 is 5.91 Å². The van der Waals surface area contributed by atoms with Crippen LogP contribution in [0.5, 0.6) is 0 Å². The van der Waals surface area contributed by atoms with E-state index in [1.54, 1.807) is 0 Å². The molecule has 3 nitrogen and oxygen atoms in total. The number of amides is 1. The quantitative estimate of drug-likeness (QED) is 0.861. The summed E-state index contributed by atoms with van der Waals surface area (Å²) in [4.78, 5) is 14.8. The van der Waals surface area contributed by atoms with Crippen molar-refractivity contribution in [3.8, 4) is 0 Å². The van der Waals surface area contributed by atoms with E-state index < -0.39 is 0 Å². The van der Waals surface area contributed by atoms with Gasteiger partial charge in [-0.25, -0.2) is 4.39 Å². The van der Waals surface area contributed by atoms with Crippen molar-refractivity contribution in [2.45, 2.75) is 64.6 Å². The van der Waals surface area contributed by atoms with E-state index in [0.29, 0.717) is 30.5 Å². The van der Waals surface area contributed by atoms with Gasteiger partial charge in [-0.2, -0.15) is 0 Å². The van der Waals surface area contributed by atoms with E-state index in [0.717, 1.165) is 31.4 Å². The highest BCUT2D eigenvalue weighted by Gasteiger charge is 2.32. The third-order valence-corrected chi connectivity index (χ3v) is 5.76. The Balaban J connectivity index is 1.55. The molecule has 1 N–H and O–H groups in total. The molecule has 0 heterocycles. The van der Waals surface area contributed by atoms with Gasteiger partial charge in [0.1, 0.15) is 5.82 Å². The average molecular weight is 332 g/mol. The molecule has 3 atom stereocenters. The molecule has 2 aliphatic rings. The van der Waals surface area contributed by atoms with Crippen LogP contribution in [0.1, 0.15) is 51.5 Å². The van der Waals surface area contributed by atoms with Crippen LogP contribution in [0, 0.1) is 17.7 Å². The van der Waals surface area contributed by atoms with Crippen molar-refractivity contribution in [2.75, 3.05) is 6.54 Å². The Morgan fingerprint density at radius 1 is 1.17 bits per heavy atom. The lowest BCUT2D eigenvalue weighted by Crippen LogP contribution is -2.47. The molecule has 0 bridgehead atoms. The minimum Gasteiger partial charge on any atom is -0.352 e. The third-order valence-electron chi connectivity index (χ3n) is 5.76. The first-order valence-electron chi connectivity index (χ1n) is 9.31. The van der Waals surface area contributed by atoms with Crippen molar-refractivity contribution in [3.63, 3.8) is 0 Å². The Hall–Kier alpha value is -1.42. The molecule has 2 saturated carbocycles. The molecular weight excluding hydrogens is 303 g/mol. The van der Waals surface area contributed by atoms with Gasteiger partial charge < -0.3 is 5.32 Å². The maximum atomic E-state index is 13.1. The number of hydrogen-bond acceptors (Lipinski definition) is 2. The molecule has 4 heteroatoms. The fourth-order valence-corrected chi connectivity index (χ4v) is 3.80. The fraction of sp³-hybridized carbons (Fsp3) is 0.650. The van der Waals surface area contributed by atoms with Crippen molar-refractivity contribution in [1.29, 1.82) is 0 Å². The molecule has 24 heavy (non-hydrogen) atoms. The molecular formula is C20H29FN2O. The normalized spacial score (nSPS) is 27.2. The van der Waals surface area contributed by atoms with Crippen LogP contribution in [0.4, 0.5) is 4.39 Å². The molecule has 0 radical (unpaired) electrons. The van der Waals surface area contributed by atoms with Gasteiger partial charge in [0.05, 0.1) is 6.54 Å². The van der Waals surface area contributed by atoms with Gasteiger partial charge in [0.2, 0.25) is 5.91 Å². The first-order valence-corrected chi connectivity index (χ1v) is 9.31. The van der Waals surface area contributed by atoms with Crippen molar-refractivity contribution < 1.29 is 9.18 Å². The smallest absolute Gasteiger partial charge is 0.234 e. The molecule has 1 aromatic rings. The summed E-state index contributed by atoms with van der Waals surface area (Å²) < 4.78 is 13.1. The zero-order valence-electron chi connectivity index (χ0n) is 14.8. The lowest BCUT2D eigenvalue weighted by molar-refractivity contribution is -0.124. The highest BCUT2D eigenvalue weighted by atomic mass is 19.1. The molecule has 1 aromatic carbocycles. The minimum absolute atomic E-state index is 0.134. The lowest BCUT2D eigenvalue weighted by Gasteiger charge is -2.35. The number of carbonyl (C=O) groups excluding carboxylic acids is 1. The Morgan fingerprint density at radius 2 is 1.88 bits per heavy atom. The van der Waals surface area contributed by atoms with Crippen LogP contribution in [0.25, 0.3) is 0 Å². The summed E-state index contributed by atoms with van der Waals surface area (Å²) in [6.45, 7) is 5.70. The summed E-state index contributed by atoms with van der Waals surface area (Å²) in [6, 6.07) is 7.43. The van der Waals surface area contributed by atoms with Crippen LogP contribution in [0.3, 0.4) is 0 Å². The van der Waals surface area contributed by atoms with E-state index >= 15 is 0 Å². The van der Waals surface area contributed by atoms with Crippen LogP contribution in [-0.4, -0.2) is 29.4 Å². The summed E-state index contributed by atoms with van der Waals surface area (Å²) in [5.41, 5.74) is 1.07. The molecule has 3 rings (SSSR count). The Bertz CT molecular complexity index is 555. The van der Waals surface area contributed by atoms with E-state index in [4.69, 9.17) is 0 Å². The molecule has 132 valence electrons. The van der Waals surface area contributed by atoms with Crippen LogP contribution in [-0.2, 0) is 11.3 Å². The van der Waals surface area contributed by atoms with E-state index in [2.05, 4.69) is 24.1 Å². The summed E-state index contributed by atoms with van der Waals surface area (Å²) in [7, 11) is 0. The maximum Gasteiger partial charge on any atom is 0.234 e. The summed E-state index contributed by atoms with van der Waals surface area (Å²) in [6.07, 6.45) is 5.89. The standard InChI is InChI=1S/C20H29FN2O/c1-14-4-3-5-19(15(14)2)22-20(24)13-23(18-10-11-18)12-16-6-8-17(21)9-7-16/h6-9,14-15,18-19H,3-5,10-13H2,1-2H3,(H,22,24). The lowest BCUT2D eigenvalue weighted by atomic mass is 9.78. The van der Waals surface area contributed by atoms with E-state index in [1.165, 1.54) is 25.0 Å². The molecule has 3 unspecified atom stereocenters. The summed E-state index contributed by atoms with van der Waals surface area (Å²) in [5, 5.41) is 3.27. The SMILES string of the molecule is CC1CCCC(NC(=O)CN(Cc2ccc(F)cc2)C2CC2)C1C. The topological polar surface area (TPSA) is 32.3 Å². The first kappa shape index (κ1) is 17.4. The minimum atomic E-state index is -0.213. The summed E-state index contributed by atoms with van der Waals surface area (Å²) >= 11 is 0. The van der Waals surface area contributed by atoms with Gasteiger partial charge in [-0.15, -0.1) is 0 Å². The Labute approximate surface area is 144 Å². The van der Waals surface area contributed by atoms with Crippen LogP contribution >= 0.6 is 0 Å². The zero-order chi connectivity index (χ0) is 17.1. The van der Waals surface area contributed by atoms with E-state index in [1.807, 2.05) is 12.1 Å². The number of nitrogens with zero attached hydrogens (tertiary/aromatic N) is 1. The van der Waals surface area contributed by atoms with Gasteiger partial charge in [-0.3, -0.25) is 9.69 Å². The van der Waals surface area contributed by atoms with Gasteiger partial charge in [0.15, 0.2) is 0 Å². The molecule has 0 saturated heterocycles. The van der Waals surface area contributed by atoms with Gasteiger partial charge >= 0.3 is 0 Å². The summed E-state index contributed by atoms with van der Waals surface area (Å²) in [5.74, 6) is 1.15. The van der Waals surface area contributed by atoms with Crippen molar-refractivity contribution in [2.24, 2.45) is 11.8 Å². The highest BCUT2D eigenvalue weighted by Crippen LogP contribution is 2.30. The third kappa shape index (κ3) is 4.56. The predicted octanol–water partition coefficient (Wildman–Crippen LogP) is 3.73. The van der Waals surface area contributed by atoms with Crippen LogP contribution in [0.15, 0.2) is 24.3 Å². The molecule has 0 aliphatic heterocycles. The molecule has 1 amide bonds. The molecule has 2 aliphatic carbocycles. The van der Waals surface area contributed by atoms with Crippen molar-refractivity contribution in [3.05, 3.63) is 35.6 Å². The second-order valence-electron chi connectivity index (χ2n) is 7.70. The number of benzene rings is 1. The van der Waals surface area contributed by atoms with Crippen molar-refractivity contribution in [1.82, 2.24) is 10.2 Å². The van der Waals surface area contributed by atoms with E-state index in [9.17, 15) is 9.18 Å². The first-order chi connectivity index (χ1) is 11.5. The second kappa shape index (κ2) is 7.64. The van der Waals surface area contributed by atoms with Crippen LogP contribution < -0.4 is 5.32 Å². The zero-order valence-corrected chi connectivity index (χ0v) is 14.8. The molecule has 0 aromatic heterocycles. The van der Waals surface area contributed by atoms with Gasteiger partial charge in [0.25, 0.3) is 0 Å². The second-order valence-corrected chi connectivity index (χ2v) is 7.70. The van der Waals surface area contributed by atoms with Crippen LogP contribution in [0.2, 0.25) is 0 Å². The monoisotopic (exact) mass is 332 g/mol. The number of carbonyl (C=O) groups is 1. The number of hydrogen-bond donors (Lipinski definition) is 1. The number of rotatable bonds is 6. The average Bonchev–Trinajstić information content (AvgIpc) is 3.38. The van der Waals surface area contributed by atoms with Gasteiger partial charge in [-0.1, -0.05) is 38.8 Å². The highest BCUT2D eigenvalue weighted by molar-refractivity contribution is 5.78. The molecule has 0 spiro atoms. The van der Waals surface area contributed by atoms with E-state index in [-0.39, 0.29) is 11.7 Å². The number of halogens is 1. The number of nitrogens with one attached hydrogen (secondary N) is 1. The predicted molar refractivity (Wildman–Crippen MR) is 93.9 cm³/mol. The van der Waals surface area contributed by atoms with Gasteiger partial charge in [-0.05, 0) is 48.8 Å². The molecule has 2 fully saturated rings. The Morgan fingerprint density at radius 3 is 2.54 bits per heavy atom.